The van der Waals surface area contributed by atoms with Gasteiger partial charge >= 0.3 is 5.63 Å². The number of hydrogen-bond donors (Lipinski definition) is 0. The molecule has 3 aromatic heterocycles. The van der Waals surface area contributed by atoms with Crippen LogP contribution in [0.3, 0.4) is 0 Å². The maximum absolute atomic E-state index is 12.5. The highest BCUT2D eigenvalue weighted by molar-refractivity contribution is 7.15. The van der Waals surface area contributed by atoms with Gasteiger partial charge in [0.2, 0.25) is 0 Å². The second-order valence-corrected chi connectivity index (χ2v) is 7.49. The van der Waals surface area contributed by atoms with Crippen LogP contribution in [-0.4, -0.2) is 48.5 Å². The molecule has 4 rings (SSSR count). The molecule has 0 amide bonds. The molecule has 0 aliphatic heterocycles. The smallest absolute Gasteiger partial charge is 0.345 e. The lowest BCUT2D eigenvalue weighted by atomic mass is 10.1. The molecule has 6 nitrogen and oxygen atoms in total. The third-order valence-electron chi connectivity index (χ3n) is 4.41. The molecule has 0 saturated carbocycles. The second-order valence-electron chi connectivity index (χ2n) is 6.61. The maximum atomic E-state index is 12.5. The fraction of sp³-hybridized carbons (Fsp3) is 0.263. The quantitative estimate of drug-likeness (QED) is 0.507. The van der Waals surface area contributed by atoms with Gasteiger partial charge in [0.05, 0.1) is 11.3 Å². The van der Waals surface area contributed by atoms with Crippen molar-refractivity contribution in [2.75, 3.05) is 39.1 Å². The van der Waals surface area contributed by atoms with E-state index in [9.17, 15) is 4.79 Å². The van der Waals surface area contributed by atoms with Gasteiger partial charge in [-0.2, -0.15) is 0 Å². The number of likely N-dealkylation sites (N-methyl/N-ethyl adjacent to an activating group) is 2. The van der Waals surface area contributed by atoms with E-state index in [-0.39, 0.29) is 5.63 Å². The molecule has 0 radical (unpaired) electrons. The molecule has 0 aliphatic rings. The van der Waals surface area contributed by atoms with Gasteiger partial charge in [0, 0.05) is 55.1 Å². The number of anilines is 1. The van der Waals surface area contributed by atoms with Crippen molar-refractivity contribution in [3.63, 3.8) is 0 Å². The van der Waals surface area contributed by atoms with Crippen molar-refractivity contribution in [2.24, 2.45) is 0 Å². The average molecular weight is 368 g/mol. The number of benzene rings is 1. The number of rotatable bonds is 5. The third kappa shape index (κ3) is 3.11. The Kier molecular flexibility index (Phi) is 4.26. The highest BCUT2D eigenvalue weighted by atomic mass is 32.1. The van der Waals surface area contributed by atoms with Gasteiger partial charge in [0.1, 0.15) is 5.58 Å². The van der Waals surface area contributed by atoms with Gasteiger partial charge < -0.3 is 14.2 Å². The van der Waals surface area contributed by atoms with E-state index < -0.39 is 0 Å². The molecule has 0 unspecified atom stereocenters. The summed E-state index contributed by atoms with van der Waals surface area (Å²) in [6.45, 7) is 1.85. The SMILES string of the molecule is CN(C)CCN(C)c1ccc2cc(-c3cn4ccsc4n3)c(=O)oc2c1. The number of aromatic nitrogens is 2. The van der Waals surface area contributed by atoms with Gasteiger partial charge in [-0.15, -0.1) is 11.3 Å². The molecule has 0 N–H and O–H groups in total. The topological polar surface area (TPSA) is 54.0 Å². The van der Waals surface area contributed by atoms with Crippen LogP contribution in [0.4, 0.5) is 5.69 Å². The summed E-state index contributed by atoms with van der Waals surface area (Å²) < 4.78 is 7.51. The summed E-state index contributed by atoms with van der Waals surface area (Å²) in [5.74, 6) is 0. The van der Waals surface area contributed by atoms with Crippen molar-refractivity contribution in [2.45, 2.75) is 0 Å². The van der Waals surface area contributed by atoms with Gasteiger partial charge in [-0.3, -0.25) is 4.40 Å². The molecule has 0 fully saturated rings. The lowest BCUT2D eigenvalue weighted by Gasteiger charge is -2.21. The summed E-state index contributed by atoms with van der Waals surface area (Å²) in [4.78, 5) is 22.1. The number of imidazole rings is 1. The van der Waals surface area contributed by atoms with E-state index in [0.29, 0.717) is 16.8 Å². The molecule has 3 heterocycles. The first kappa shape index (κ1) is 16.8. The highest BCUT2D eigenvalue weighted by Crippen LogP contribution is 2.25. The molecule has 0 aliphatic carbocycles. The fourth-order valence-corrected chi connectivity index (χ4v) is 3.55. The second kappa shape index (κ2) is 6.59. The van der Waals surface area contributed by atoms with E-state index in [1.165, 1.54) is 11.3 Å². The molecule has 7 heteroatoms. The molecular weight excluding hydrogens is 348 g/mol. The Morgan fingerprint density at radius 3 is 2.81 bits per heavy atom. The maximum Gasteiger partial charge on any atom is 0.345 e. The van der Waals surface area contributed by atoms with Crippen molar-refractivity contribution >= 4 is 33.0 Å². The monoisotopic (exact) mass is 368 g/mol. The molecular formula is C19H20N4O2S. The zero-order chi connectivity index (χ0) is 18.3. The summed E-state index contributed by atoms with van der Waals surface area (Å²) in [6.07, 6.45) is 3.78. The molecule has 134 valence electrons. The molecule has 26 heavy (non-hydrogen) atoms. The van der Waals surface area contributed by atoms with E-state index in [1.54, 1.807) is 0 Å². The summed E-state index contributed by atoms with van der Waals surface area (Å²) >= 11 is 1.53. The van der Waals surface area contributed by atoms with Crippen molar-refractivity contribution < 1.29 is 4.42 Å². The fourth-order valence-electron chi connectivity index (χ4n) is 2.85. The first-order chi connectivity index (χ1) is 12.5. The van der Waals surface area contributed by atoms with Crippen LogP contribution in [0, 0.1) is 0 Å². The van der Waals surface area contributed by atoms with E-state index in [0.717, 1.165) is 29.1 Å². The van der Waals surface area contributed by atoms with Crippen LogP contribution in [-0.2, 0) is 0 Å². The Balaban J connectivity index is 1.70. The Labute approximate surface area is 154 Å². The van der Waals surface area contributed by atoms with Crippen molar-refractivity contribution in [3.05, 3.63) is 52.5 Å². The standard InChI is InChI=1S/C19H20N4O2S/c1-21(2)6-7-22(3)14-5-4-13-10-15(18(24)25-17(13)11-14)16-12-23-8-9-26-19(23)20-16/h4-5,8-12H,6-7H2,1-3H3. The van der Waals surface area contributed by atoms with Gasteiger partial charge in [-0.1, -0.05) is 0 Å². The predicted molar refractivity (Wildman–Crippen MR) is 106 cm³/mol. The first-order valence-electron chi connectivity index (χ1n) is 8.37. The van der Waals surface area contributed by atoms with Crippen LogP contribution in [0.25, 0.3) is 27.2 Å². The molecule has 0 spiro atoms. The molecule has 0 atom stereocenters. The average Bonchev–Trinajstić information content (AvgIpc) is 3.20. The van der Waals surface area contributed by atoms with Gasteiger partial charge in [0.15, 0.2) is 4.96 Å². The zero-order valence-electron chi connectivity index (χ0n) is 15.0. The summed E-state index contributed by atoms with van der Waals surface area (Å²) in [5, 5.41) is 2.85. The largest absolute Gasteiger partial charge is 0.422 e. The highest BCUT2D eigenvalue weighted by Gasteiger charge is 2.13. The summed E-state index contributed by atoms with van der Waals surface area (Å²) in [6, 6.07) is 7.81. The van der Waals surface area contributed by atoms with Crippen LogP contribution in [0.1, 0.15) is 0 Å². The number of thiazole rings is 1. The number of hydrogen-bond acceptors (Lipinski definition) is 6. The third-order valence-corrected chi connectivity index (χ3v) is 5.18. The Morgan fingerprint density at radius 2 is 2.04 bits per heavy atom. The van der Waals surface area contributed by atoms with Crippen LogP contribution >= 0.6 is 11.3 Å². The minimum atomic E-state index is -0.364. The van der Waals surface area contributed by atoms with Gasteiger partial charge in [-0.25, -0.2) is 9.78 Å². The molecule has 1 aromatic carbocycles. The van der Waals surface area contributed by atoms with Crippen molar-refractivity contribution in [3.8, 4) is 11.3 Å². The molecule has 0 saturated heterocycles. The number of fused-ring (bicyclic) bond motifs is 2. The lowest BCUT2D eigenvalue weighted by molar-refractivity contribution is 0.416. The van der Waals surface area contributed by atoms with Crippen molar-refractivity contribution in [1.29, 1.82) is 0 Å². The van der Waals surface area contributed by atoms with Crippen molar-refractivity contribution in [1.82, 2.24) is 14.3 Å². The van der Waals surface area contributed by atoms with E-state index in [2.05, 4.69) is 28.9 Å². The van der Waals surface area contributed by atoms with Gasteiger partial charge in [0.25, 0.3) is 0 Å². The summed E-state index contributed by atoms with van der Waals surface area (Å²) in [5.41, 5.74) is 2.38. The van der Waals surface area contributed by atoms with Crippen LogP contribution < -0.4 is 10.5 Å². The normalized spacial score (nSPS) is 11.7. The van der Waals surface area contributed by atoms with E-state index in [4.69, 9.17) is 4.42 Å². The van der Waals surface area contributed by atoms with Crippen LogP contribution in [0.2, 0.25) is 0 Å². The lowest BCUT2D eigenvalue weighted by Crippen LogP contribution is -2.28. The summed E-state index contributed by atoms with van der Waals surface area (Å²) in [7, 11) is 6.14. The van der Waals surface area contributed by atoms with E-state index in [1.807, 2.05) is 53.5 Å². The van der Waals surface area contributed by atoms with Crippen LogP contribution in [0.5, 0.6) is 0 Å². The number of nitrogens with zero attached hydrogens (tertiary/aromatic N) is 4. The predicted octanol–water partition coefficient (Wildman–Crippen LogP) is 3.17. The minimum Gasteiger partial charge on any atom is -0.422 e. The van der Waals surface area contributed by atoms with Gasteiger partial charge in [-0.05, 0) is 32.3 Å². The minimum absolute atomic E-state index is 0.364. The Bertz CT molecular complexity index is 1100. The molecule has 0 bridgehead atoms. The van der Waals surface area contributed by atoms with Crippen LogP contribution in [0.15, 0.2) is 51.3 Å². The zero-order valence-corrected chi connectivity index (χ0v) is 15.8. The first-order valence-corrected chi connectivity index (χ1v) is 9.25. The van der Waals surface area contributed by atoms with E-state index >= 15 is 0 Å². The Morgan fingerprint density at radius 1 is 1.19 bits per heavy atom. The molecule has 4 aromatic rings. The Hall–Kier alpha value is -2.64.